The van der Waals surface area contributed by atoms with Crippen molar-refractivity contribution in [2.45, 2.75) is 26.1 Å². The van der Waals surface area contributed by atoms with Gasteiger partial charge in [-0.3, -0.25) is 4.79 Å². The van der Waals surface area contributed by atoms with Crippen LogP contribution in [0.2, 0.25) is 0 Å². The lowest BCUT2D eigenvalue weighted by atomic mass is 10.3. The summed E-state index contributed by atoms with van der Waals surface area (Å²) in [4.78, 5) is 16.1. The van der Waals surface area contributed by atoms with Crippen LogP contribution in [0.15, 0.2) is 29.6 Å². The van der Waals surface area contributed by atoms with Crippen molar-refractivity contribution in [2.24, 2.45) is 0 Å². The van der Waals surface area contributed by atoms with Crippen LogP contribution in [0.25, 0.3) is 0 Å². The quantitative estimate of drug-likeness (QED) is 0.699. The molecule has 0 fully saturated rings. The molecule has 1 aliphatic heterocycles. The summed E-state index contributed by atoms with van der Waals surface area (Å²) in [5, 5.41) is 2.00. The number of carbonyl (C=O) groups excluding carboxylic acids is 1. The summed E-state index contributed by atoms with van der Waals surface area (Å²) < 4.78 is 32.4. The van der Waals surface area contributed by atoms with Gasteiger partial charge in [0.25, 0.3) is 5.91 Å². The Balaban J connectivity index is 1.84. The molecule has 0 saturated carbocycles. The van der Waals surface area contributed by atoms with E-state index in [0.717, 1.165) is 10.6 Å². The van der Waals surface area contributed by atoms with Crippen LogP contribution >= 0.6 is 11.3 Å². The van der Waals surface area contributed by atoms with Gasteiger partial charge < -0.3 is 14.2 Å². The lowest BCUT2D eigenvalue weighted by Gasteiger charge is -2.23. The molecule has 9 heteroatoms. The van der Waals surface area contributed by atoms with Crippen molar-refractivity contribution in [1.29, 1.82) is 0 Å². The van der Waals surface area contributed by atoms with Crippen LogP contribution in [0, 0.1) is 0 Å². The molecule has 7 nitrogen and oxygen atoms in total. The summed E-state index contributed by atoms with van der Waals surface area (Å²) in [7, 11) is -1.63. The molecule has 0 radical (unpaired) electrons. The fraction of sp³-hybridized carbons (Fsp3) is 0.500. The monoisotopic (exact) mass is 411 g/mol. The molecular formula is C18H25N3O4S2. The van der Waals surface area contributed by atoms with Crippen molar-refractivity contribution < 1.29 is 17.9 Å². The van der Waals surface area contributed by atoms with Crippen molar-refractivity contribution >= 4 is 27.3 Å². The van der Waals surface area contributed by atoms with E-state index in [9.17, 15) is 13.2 Å². The Bertz CT molecular complexity index is 875. The number of aromatic nitrogens is 1. The molecule has 0 spiro atoms. The summed E-state index contributed by atoms with van der Waals surface area (Å²) in [5.41, 5.74) is 1.46. The first-order chi connectivity index (χ1) is 12.9. The van der Waals surface area contributed by atoms with Gasteiger partial charge in [0, 0.05) is 37.3 Å². The van der Waals surface area contributed by atoms with Crippen LogP contribution < -0.4 is 0 Å². The Kier molecular flexibility index (Phi) is 6.36. The van der Waals surface area contributed by atoms with E-state index < -0.39 is 10.0 Å². The van der Waals surface area contributed by atoms with Gasteiger partial charge in [0.05, 0.1) is 26.0 Å². The maximum absolute atomic E-state index is 13.2. The van der Waals surface area contributed by atoms with Crippen LogP contribution in [-0.2, 0) is 34.4 Å². The number of fused-ring (bicyclic) bond motifs is 1. The van der Waals surface area contributed by atoms with E-state index in [4.69, 9.17) is 4.74 Å². The topological polar surface area (TPSA) is 71.8 Å². The molecule has 2 aromatic heterocycles. The van der Waals surface area contributed by atoms with Crippen LogP contribution in [0.1, 0.15) is 27.5 Å². The number of amides is 1. The summed E-state index contributed by atoms with van der Waals surface area (Å²) in [5.74, 6) is -0.0560. The third kappa shape index (κ3) is 4.78. The number of carbonyl (C=O) groups is 1. The van der Waals surface area contributed by atoms with Crippen molar-refractivity contribution in [1.82, 2.24) is 13.8 Å². The summed E-state index contributed by atoms with van der Waals surface area (Å²) in [6.07, 6.45) is 1.91. The third-order valence-electron chi connectivity index (χ3n) is 4.67. The molecule has 0 aliphatic carbocycles. The lowest BCUT2D eigenvalue weighted by molar-refractivity contribution is 0.0671. The Morgan fingerprint density at radius 1 is 1.30 bits per heavy atom. The molecule has 148 valence electrons. The Morgan fingerprint density at radius 2 is 2.11 bits per heavy atom. The maximum Gasteiger partial charge on any atom is 0.270 e. The van der Waals surface area contributed by atoms with Gasteiger partial charge in [0.15, 0.2) is 0 Å². The standard InChI is InChI=1S/C18H25N3O4S2/c1-25-11-10-19(14-16-5-3-12-26-16)18(22)17-7-6-15-13-20(27(2,23)24)8-4-9-21(15)17/h3,5-7,12H,4,8-11,13-14H2,1-2H3. The second-order valence-corrected chi connectivity index (χ2v) is 9.63. The van der Waals surface area contributed by atoms with E-state index in [-0.39, 0.29) is 5.91 Å². The van der Waals surface area contributed by atoms with E-state index in [1.165, 1.54) is 10.6 Å². The van der Waals surface area contributed by atoms with Crippen molar-refractivity contribution in [3.05, 3.63) is 45.9 Å². The number of ether oxygens (including phenoxy) is 1. The molecule has 2 aromatic rings. The van der Waals surface area contributed by atoms with E-state index in [2.05, 4.69) is 0 Å². The van der Waals surface area contributed by atoms with Gasteiger partial charge in [-0.15, -0.1) is 11.3 Å². The molecule has 0 N–H and O–H groups in total. The highest BCUT2D eigenvalue weighted by Crippen LogP contribution is 2.21. The first-order valence-electron chi connectivity index (χ1n) is 8.84. The molecule has 0 unspecified atom stereocenters. The number of nitrogens with zero attached hydrogens (tertiary/aromatic N) is 3. The number of rotatable bonds is 7. The third-order valence-corrected chi connectivity index (χ3v) is 6.78. The highest BCUT2D eigenvalue weighted by atomic mass is 32.2. The summed E-state index contributed by atoms with van der Waals surface area (Å²) in [6, 6.07) is 7.65. The largest absolute Gasteiger partial charge is 0.383 e. The number of thiophene rings is 1. The average molecular weight is 412 g/mol. The fourth-order valence-electron chi connectivity index (χ4n) is 3.25. The predicted octanol–water partition coefficient (Wildman–Crippen LogP) is 2.00. The van der Waals surface area contributed by atoms with E-state index in [0.29, 0.717) is 51.4 Å². The second-order valence-electron chi connectivity index (χ2n) is 6.61. The van der Waals surface area contributed by atoms with E-state index >= 15 is 0 Å². The number of hydrogen-bond donors (Lipinski definition) is 0. The zero-order valence-corrected chi connectivity index (χ0v) is 17.3. The highest BCUT2D eigenvalue weighted by molar-refractivity contribution is 7.88. The summed E-state index contributed by atoms with van der Waals surface area (Å²) >= 11 is 1.62. The van der Waals surface area contributed by atoms with Crippen LogP contribution in [0.5, 0.6) is 0 Å². The van der Waals surface area contributed by atoms with Crippen LogP contribution in [0.4, 0.5) is 0 Å². The minimum atomic E-state index is -3.26. The van der Waals surface area contributed by atoms with Crippen molar-refractivity contribution in [3.63, 3.8) is 0 Å². The van der Waals surface area contributed by atoms with Gasteiger partial charge in [-0.05, 0) is 30.0 Å². The SMILES string of the molecule is COCCN(Cc1cccs1)C(=O)c1ccc2n1CCCN(S(C)(=O)=O)C2. The molecule has 1 aliphatic rings. The molecule has 3 rings (SSSR count). The maximum atomic E-state index is 13.2. The molecule has 0 bridgehead atoms. The molecule has 0 atom stereocenters. The number of hydrogen-bond acceptors (Lipinski definition) is 5. The Morgan fingerprint density at radius 3 is 2.78 bits per heavy atom. The number of methoxy groups -OCH3 is 1. The number of sulfonamides is 1. The predicted molar refractivity (Wildman–Crippen MR) is 105 cm³/mol. The van der Waals surface area contributed by atoms with Crippen LogP contribution in [0.3, 0.4) is 0 Å². The van der Waals surface area contributed by atoms with Gasteiger partial charge >= 0.3 is 0 Å². The van der Waals surface area contributed by atoms with Gasteiger partial charge in [-0.2, -0.15) is 4.31 Å². The first-order valence-corrected chi connectivity index (χ1v) is 11.6. The van der Waals surface area contributed by atoms with Gasteiger partial charge in [-0.1, -0.05) is 6.07 Å². The van der Waals surface area contributed by atoms with Gasteiger partial charge in [0.1, 0.15) is 5.69 Å². The minimum absolute atomic E-state index is 0.0560. The smallest absolute Gasteiger partial charge is 0.270 e. The van der Waals surface area contributed by atoms with Crippen molar-refractivity contribution in [2.75, 3.05) is 33.1 Å². The van der Waals surface area contributed by atoms with E-state index in [1.807, 2.05) is 28.1 Å². The summed E-state index contributed by atoms with van der Waals surface area (Å²) in [6.45, 7) is 2.91. The van der Waals surface area contributed by atoms with Crippen molar-refractivity contribution in [3.8, 4) is 0 Å². The molecule has 1 amide bonds. The molecule has 3 heterocycles. The zero-order valence-electron chi connectivity index (χ0n) is 15.6. The molecule has 0 aromatic carbocycles. The van der Waals surface area contributed by atoms with Gasteiger partial charge in [0.2, 0.25) is 10.0 Å². The van der Waals surface area contributed by atoms with E-state index in [1.54, 1.807) is 29.4 Å². The van der Waals surface area contributed by atoms with Crippen LogP contribution in [-0.4, -0.2) is 61.2 Å². The zero-order chi connectivity index (χ0) is 19.4. The first kappa shape index (κ1) is 20.1. The van der Waals surface area contributed by atoms with Gasteiger partial charge in [-0.25, -0.2) is 8.42 Å². The molecular weight excluding hydrogens is 386 g/mol. The highest BCUT2D eigenvalue weighted by Gasteiger charge is 2.26. The lowest BCUT2D eigenvalue weighted by Crippen LogP contribution is -2.34. The molecule has 27 heavy (non-hydrogen) atoms. The Labute approximate surface area is 164 Å². The Hall–Kier alpha value is -1.68. The minimum Gasteiger partial charge on any atom is -0.383 e. The normalized spacial score (nSPS) is 15.3. The second kappa shape index (κ2) is 8.55. The molecule has 0 saturated heterocycles. The fourth-order valence-corrected chi connectivity index (χ4v) is 4.80. The average Bonchev–Trinajstić information content (AvgIpc) is 3.22.